The molecule has 0 aromatic heterocycles. The molecule has 0 saturated heterocycles. The molecule has 2 nitrogen and oxygen atoms in total. The van der Waals surface area contributed by atoms with Crippen LogP contribution >= 0.6 is 15.9 Å². The maximum Gasteiger partial charge on any atom is 0.0470 e. The first-order chi connectivity index (χ1) is 9.03. The molecule has 3 heteroatoms. The van der Waals surface area contributed by atoms with Crippen LogP contribution in [0.2, 0.25) is 0 Å². The van der Waals surface area contributed by atoms with Crippen molar-refractivity contribution in [3.05, 3.63) is 33.8 Å². The maximum absolute atomic E-state index is 6.03. The molecule has 108 valence electrons. The lowest BCUT2D eigenvalue weighted by atomic mass is 10.0. The van der Waals surface area contributed by atoms with Crippen molar-refractivity contribution >= 4 is 15.9 Å². The van der Waals surface area contributed by atoms with E-state index in [2.05, 4.69) is 66.7 Å². The van der Waals surface area contributed by atoms with E-state index in [-0.39, 0.29) is 0 Å². The van der Waals surface area contributed by atoms with Gasteiger partial charge in [-0.25, -0.2) is 0 Å². The molecule has 0 aliphatic rings. The molecule has 2 atom stereocenters. The topological polar surface area (TPSA) is 29.3 Å². The lowest BCUT2D eigenvalue weighted by Crippen LogP contribution is -2.36. The van der Waals surface area contributed by atoms with Crippen molar-refractivity contribution in [1.82, 2.24) is 4.90 Å². The van der Waals surface area contributed by atoms with Gasteiger partial charge < -0.3 is 5.73 Å². The molecule has 0 fully saturated rings. The monoisotopic (exact) mass is 326 g/mol. The summed E-state index contributed by atoms with van der Waals surface area (Å²) in [5, 5.41) is 0. The fourth-order valence-electron chi connectivity index (χ4n) is 2.32. The van der Waals surface area contributed by atoms with Crippen LogP contribution in [-0.2, 0) is 0 Å². The minimum Gasteiger partial charge on any atom is -0.329 e. The summed E-state index contributed by atoms with van der Waals surface area (Å²) in [5.41, 5.74) is 8.61. The minimum atomic E-state index is 0.316. The van der Waals surface area contributed by atoms with E-state index in [1.807, 2.05) is 0 Å². The predicted octanol–water partition coefficient (Wildman–Crippen LogP) is 4.13. The zero-order chi connectivity index (χ0) is 14.4. The van der Waals surface area contributed by atoms with E-state index in [9.17, 15) is 0 Å². The number of nitrogens with zero attached hydrogens (tertiary/aromatic N) is 1. The Morgan fingerprint density at radius 3 is 2.47 bits per heavy atom. The van der Waals surface area contributed by atoms with Gasteiger partial charge in [0.1, 0.15) is 0 Å². The van der Waals surface area contributed by atoms with Crippen molar-refractivity contribution in [2.24, 2.45) is 11.7 Å². The summed E-state index contributed by atoms with van der Waals surface area (Å²) < 4.78 is 1.17. The third-order valence-corrected chi connectivity index (χ3v) is 4.75. The van der Waals surface area contributed by atoms with E-state index in [1.54, 1.807) is 0 Å². The smallest absolute Gasteiger partial charge is 0.0470 e. The highest BCUT2D eigenvalue weighted by Crippen LogP contribution is 2.26. The summed E-state index contributed by atoms with van der Waals surface area (Å²) in [6.07, 6.45) is 1.21. The number of aryl methyl sites for hydroxylation is 1. The second-order valence-corrected chi connectivity index (χ2v) is 6.22. The molecule has 19 heavy (non-hydrogen) atoms. The average Bonchev–Trinajstić information content (AvgIpc) is 2.41. The molecule has 0 saturated carbocycles. The van der Waals surface area contributed by atoms with Crippen LogP contribution in [0.25, 0.3) is 0 Å². The van der Waals surface area contributed by atoms with E-state index in [4.69, 9.17) is 5.73 Å². The predicted molar refractivity (Wildman–Crippen MR) is 87.4 cm³/mol. The van der Waals surface area contributed by atoms with Crippen LogP contribution in [0.5, 0.6) is 0 Å². The highest BCUT2D eigenvalue weighted by Gasteiger charge is 2.19. The van der Waals surface area contributed by atoms with Gasteiger partial charge in [0.15, 0.2) is 0 Å². The van der Waals surface area contributed by atoms with Crippen molar-refractivity contribution in [1.29, 1.82) is 0 Å². The van der Waals surface area contributed by atoms with Crippen LogP contribution < -0.4 is 5.73 Å². The Balaban J connectivity index is 2.93. The largest absolute Gasteiger partial charge is 0.329 e. The molecule has 0 radical (unpaired) electrons. The van der Waals surface area contributed by atoms with Crippen LogP contribution in [0.1, 0.15) is 44.4 Å². The molecule has 0 aliphatic heterocycles. The fraction of sp³-hybridized carbons (Fsp3) is 0.625. The second kappa shape index (κ2) is 8.03. The van der Waals surface area contributed by atoms with Gasteiger partial charge in [-0.15, -0.1) is 0 Å². The molecule has 0 amide bonds. The van der Waals surface area contributed by atoms with E-state index >= 15 is 0 Å². The molecule has 0 spiro atoms. The van der Waals surface area contributed by atoms with Crippen LogP contribution in [0.4, 0.5) is 0 Å². The normalized spacial score (nSPS) is 14.7. The van der Waals surface area contributed by atoms with Crippen molar-refractivity contribution in [2.45, 2.75) is 40.2 Å². The number of halogens is 1. The summed E-state index contributed by atoms with van der Waals surface area (Å²) in [6, 6.07) is 6.90. The molecule has 1 aromatic carbocycles. The zero-order valence-corrected chi connectivity index (χ0v) is 14.2. The maximum atomic E-state index is 6.03. The molecular weight excluding hydrogens is 300 g/mol. The van der Waals surface area contributed by atoms with Gasteiger partial charge in [-0.1, -0.05) is 55.3 Å². The van der Waals surface area contributed by atoms with Gasteiger partial charge in [0, 0.05) is 23.6 Å². The van der Waals surface area contributed by atoms with Crippen molar-refractivity contribution in [3.8, 4) is 0 Å². The molecule has 2 N–H and O–H groups in total. The van der Waals surface area contributed by atoms with Gasteiger partial charge in [0.05, 0.1) is 0 Å². The van der Waals surface area contributed by atoms with Crippen molar-refractivity contribution < 1.29 is 0 Å². The molecule has 2 unspecified atom stereocenters. The number of hydrogen-bond acceptors (Lipinski definition) is 2. The summed E-state index contributed by atoms with van der Waals surface area (Å²) in [4.78, 5) is 2.49. The third-order valence-electron chi connectivity index (χ3n) is 3.89. The Hall–Kier alpha value is -0.380. The Kier molecular flexibility index (Phi) is 7.05. The number of likely N-dealkylation sites (N-methyl/N-ethyl adjacent to an activating group) is 1. The second-order valence-electron chi connectivity index (χ2n) is 5.36. The summed E-state index contributed by atoms with van der Waals surface area (Å²) in [5.74, 6) is 0.711. The lowest BCUT2D eigenvalue weighted by Gasteiger charge is -2.32. The van der Waals surface area contributed by atoms with Crippen LogP contribution in [0.15, 0.2) is 22.7 Å². The summed E-state index contributed by atoms with van der Waals surface area (Å²) in [7, 11) is 0. The van der Waals surface area contributed by atoms with Gasteiger partial charge in [-0.3, -0.25) is 4.90 Å². The van der Waals surface area contributed by atoms with E-state index < -0.39 is 0 Å². The fourth-order valence-corrected chi connectivity index (χ4v) is 2.72. The molecular formula is C16H27BrN2. The molecule has 0 bridgehead atoms. The van der Waals surface area contributed by atoms with Gasteiger partial charge in [-0.2, -0.15) is 0 Å². The first-order valence-corrected chi connectivity index (χ1v) is 8.02. The van der Waals surface area contributed by atoms with Crippen LogP contribution in [-0.4, -0.2) is 24.5 Å². The molecule has 1 rings (SSSR count). The SMILES string of the molecule is CCC(C)CN(CC)C(CN)c1ccc(C)c(Br)c1. The molecule has 0 heterocycles. The van der Waals surface area contributed by atoms with Gasteiger partial charge in [0.25, 0.3) is 0 Å². The number of hydrogen-bond donors (Lipinski definition) is 1. The Morgan fingerprint density at radius 2 is 2.00 bits per heavy atom. The number of nitrogens with two attached hydrogens (primary N) is 1. The highest BCUT2D eigenvalue weighted by atomic mass is 79.9. The molecule has 1 aromatic rings. The zero-order valence-electron chi connectivity index (χ0n) is 12.6. The average molecular weight is 327 g/mol. The lowest BCUT2D eigenvalue weighted by molar-refractivity contribution is 0.182. The summed E-state index contributed by atoms with van der Waals surface area (Å²) >= 11 is 3.62. The van der Waals surface area contributed by atoms with Crippen LogP contribution in [0, 0.1) is 12.8 Å². The standard InChI is InChI=1S/C16H27BrN2/c1-5-12(3)11-19(6-2)16(10-18)14-8-7-13(4)15(17)9-14/h7-9,12,16H,5-6,10-11,18H2,1-4H3. The van der Waals surface area contributed by atoms with E-state index in [1.165, 1.54) is 22.0 Å². The quantitative estimate of drug-likeness (QED) is 0.816. The highest BCUT2D eigenvalue weighted by molar-refractivity contribution is 9.10. The van der Waals surface area contributed by atoms with Gasteiger partial charge in [-0.05, 0) is 36.6 Å². The minimum absolute atomic E-state index is 0.316. The van der Waals surface area contributed by atoms with Crippen molar-refractivity contribution in [2.75, 3.05) is 19.6 Å². The van der Waals surface area contributed by atoms with E-state index in [0.717, 1.165) is 13.1 Å². The number of rotatable bonds is 7. The summed E-state index contributed by atoms with van der Waals surface area (Å²) in [6.45, 7) is 11.7. The first-order valence-electron chi connectivity index (χ1n) is 7.23. The first kappa shape index (κ1) is 16.7. The van der Waals surface area contributed by atoms with Gasteiger partial charge in [0.2, 0.25) is 0 Å². The Bertz CT molecular complexity index is 392. The van der Waals surface area contributed by atoms with E-state index in [0.29, 0.717) is 18.5 Å². The Morgan fingerprint density at radius 1 is 1.32 bits per heavy atom. The van der Waals surface area contributed by atoms with Gasteiger partial charge >= 0.3 is 0 Å². The van der Waals surface area contributed by atoms with Crippen molar-refractivity contribution in [3.63, 3.8) is 0 Å². The Labute approximate surface area is 126 Å². The third kappa shape index (κ3) is 4.59. The van der Waals surface area contributed by atoms with Crippen LogP contribution in [0.3, 0.4) is 0 Å². The number of benzene rings is 1. The molecule has 0 aliphatic carbocycles.